The number of nitrogens with one attached hydrogen (secondary N) is 2. The molecule has 134 valence electrons. The normalized spacial score (nSPS) is 16.1. The van der Waals surface area contributed by atoms with E-state index in [0.717, 1.165) is 23.2 Å². The molecule has 0 aliphatic heterocycles. The molecule has 0 radical (unpaired) electrons. The molecular formula is C22H24N2O2. The van der Waals surface area contributed by atoms with Gasteiger partial charge in [0, 0.05) is 18.2 Å². The van der Waals surface area contributed by atoms with Gasteiger partial charge in [-0.15, -0.1) is 0 Å². The fourth-order valence-electron chi connectivity index (χ4n) is 3.43. The number of carbonyl (C=O) groups is 2. The largest absolute Gasteiger partial charge is 0.303 e. The van der Waals surface area contributed by atoms with Crippen LogP contribution in [0.1, 0.15) is 43.7 Å². The molecule has 3 rings (SSSR count). The molecule has 2 aromatic carbocycles. The van der Waals surface area contributed by atoms with Crippen LogP contribution >= 0.6 is 0 Å². The molecule has 0 saturated carbocycles. The van der Waals surface area contributed by atoms with Gasteiger partial charge >= 0.3 is 0 Å². The summed E-state index contributed by atoms with van der Waals surface area (Å²) in [5.74, 6) is -0.488. The Morgan fingerprint density at radius 3 is 1.96 bits per heavy atom. The van der Waals surface area contributed by atoms with E-state index in [4.69, 9.17) is 0 Å². The van der Waals surface area contributed by atoms with Gasteiger partial charge in [0.15, 0.2) is 5.78 Å². The number of rotatable bonds is 5. The summed E-state index contributed by atoms with van der Waals surface area (Å²) in [4.78, 5) is 24.8. The molecule has 0 unspecified atom stereocenters. The SMILES string of the molecule is CC1(C)CC(=O)C=C(NNC(=O)C(c2ccccc2)c2ccccc2)C1. The van der Waals surface area contributed by atoms with Gasteiger partial charge in [-0.25, -0.2) is 0 Å². The molecule has 0 aromatic heterocycles. The van der Waals surface area contributed by atoms with Crippen molar-refractivity contribution in [2.24, 2.45) is 5.41 Å². The molecule has 4 nitrogen and oxygen atoms in total. The maximum atomic E-state index is 12.9. The van der Waals surface area contributed by atoms with E-state index in [2.05, 4.69) is 24.7 Å². The van der Waals surface area contributed by atoms with Crippen LogP contribution in [-0.4, -0.2) is 11.7 Å². The minimum Gasteiger partial charge on any atom is -0.303 e. The van der Waals surface area contributed by atoms with E-state index in [0.29, 0.717) is 6.42 Å². The van der Waals surface area contributed by atoms with Crippen molar-refractivity contribution in [3.63, 3.8) is 0 Å². The van der Waals surface area contributed by atoms with Gasteiger partial charge < -0.3 is 5.43 Å². The highest BCUT2D eigenvalue weighted by molar-refractivity contribution is 5.92. The zero-order chi connectivity index (χ0) is 18.6. The predicted octanol–water partition coefficient (Wildman–Crippen LogP) is 3.71. The molecular weight excluding hydrogens is 324 g/mol. The second-order valence-corrected chi connectivity index (χ2v) is 7.52. The number of allylic oxidation sites excluding steroid dienone is 2. The molecule has 4 heteroatoms. The maximum Gasteiger partial charge on any atom is 0.250 e. The van der Waals surface area contributed by atoms with Crippen molar-refractivity contribution in [2.75, 3.05) is 0 Å². The van der Waals surface area contributed by atoms with Crippen molar-refractivity contribution in [1.29, 1.82) is 0 Å². The summed E-state index contributed by atoms with van der Waals surface area (Å²) in [7, 11) is 0. The van der Waals surface area contributed by atoms with E-state index in [-0.39, 0.29) is 17.1 Å². The Kier molecular flexibility index (Phi) is 5.21. The molecule has 0 bridgehead atoms. The lowest BCUT2D eigenvalue weighted by molar-refractivity contribution is -0.123. The monoisotopic (exact) mass is 348 g/mol. The van der Waals surface area contributed by atoms with Crippen LogP contribution in [0.4, 0.5) is 0 Å². The standard InChI is InChI=1S/C22H24N2O2/c1-22(2)14-18(13-19(25)15-22)23-24-21(26)20(16-9-5-3-6-10-16)17-11-7-4-8-12-17/h3-13,20,23H,14-15H2,1-2H3,(H,24,26). The highest BCUT2D eigenvalue weighted by Gasteiger charge is 2.28. The van der Waals surface area contributed by atoms with Gasteiger partial charge in [0.05, 0.1) is 5.92 Å². The van der Waals surface area contributed by atoms with Crippen LogP contribution in [0.25, 0.3) is 0 Å². The Morgan fingerprint density at radius 2 is 1.46 bits per heavy atom. The highest BCUT2D eigenvalue weighted by atomic mass is 16.2. The van der Waals surface area contributed by atoms with Crippen LogP contribution in [0.15, 0.2) is 72.4 Å². The summed E-state index contributed by atoms with van der Waals surface area (Å²) in [5.41, 5.74) is 8.26. The van der Waals surface area contributed by atoms with Gasteiger partial charge in [-0.05, 0) is 23.0 Å². The summed E-state index contributed by atoms with van der Waals surface area (Å²) in [6.45, 7) is 4.11. The van der Waals surface area contributed by atoms with Crippen LogP contribution in [0, 0.1) is 5.41 Å². The average molecular weight is 348 g/mol. The van der Waals surface area contributed by atoms with Crippen LogP contribution in [0.2, 0.25) is 0 Å². The topological polar surface area (TPSA) is 58.2 Å². The predicted molar refractivity (Wildman–Crippen MR) is 102 cm³/mol. The van der Waals surface area contributed by atoms with Gasteiger partial charge in [-0.2, -0.15) is 0 Å². The van der Waals surface area contributed by atoms with Crippen molar-refractivity contribution < 1.29 is 9.59 Å². The van der Waals surface area contributed by atoms with Gasteiger partial charge in [-0.3, -0.25) is 15.0 Å². The second-order valence-electron chi connectivity index (χ2n) is 7.52. The third-order valence-corrected chi connectivity index (χ3v) is 4.53. The molecule has 0 fully saturated rings. The number of amides is 1. The smallest absolute Gasteiger partial charge is 0.250 e. The Hall–Kier alpha value is -2.88. The Morgan fingerprint density at radius 1 is 0.923 bits per heavy atom. The average Bonchev–Trinajstić information content (AvgIpc) is 2.60. The lowest BCUT2D eigenvalue weighted by Crippen LogP contribution is -2.42. The van der Waals surface area contributed by atoms with Crippen molar-refractivity contribution in [3.05, 3.63) is 83.6 Å². The van der Waals surface area contributed by atoms with Gasteiger partial charge in [-0.1, -0.05) is 74.5 Å². The molecule has 2 aromatic rings. The van der Waals surface area contributed by atoms with Gasteiger partial charge in [0.2, 0.25) is 5.91 Å². The van der Waals surface area contributed by atoms with E-state index in [9.17, 15) is 9.59 Å². The van der Waals surface area contributed by atoms with E-state index < -0.39 is 5.92 Å². The number of benzene rings is 2. The first-order chi connectivity index (χ1) is 12.4. The molecule has 0 spiro atoms. The third-order valence-electron chi connectivity index (χ3n) is 4.53. The molecule has 1 aliphatic carbocycles. The highest BCUT2D eigenvalue weighted by Crippen LogP contribution is 2.32. The summed E-state index contributed by atoms with van der Waals surface area (Å²) >= 11 is 0. The third kappa shape index (κ3) is 4.39. The summed E-state index contributed by atoms with van der Waals surface area (Å²) in [5, 5.41) is 0. The zero-order valence-corrected chi connectivity index (χ0v) is 15.2. The lowest BCUT2D eigenvalue weighted by Gasteiger charge is -2.29. The first-order valence-corrected chi connectivity index (χ1v) is 8.84. The van der Waals surface area contributed by atoms with Crippen LogP contribution < -0.4 is 10.9 Å². The number of carbonyl (C=O) groups excluding carboxylic acids is 2. The van der Waals surface area contributed by atoms with Crippen LogP contribution in [-0.2, 0) is 9.59 Å². The van der Waals surface area contributed by atoms with E-state index in [1.54, 1.807) is 6.08 Å². The first kappa shape index (κ1) is 17.9. The first-order valence-electron chi connectivity index (χ1n) is 8.84. The summed E-state index contributed by atoms with van der Waals surface area (Å²) in [6, 6.07) is 19.4. The van der Waals surface area contributed by atoms with Crippen molar-refractivity contribution >= 4 is 11.7 Å². The molecule has 1 amide bonds. The summed E-state index contributed by atoms with van der Waals surface area (Å²) in [6.07, 6.45) is 2.84. The second kappa shape index (κ2) is 7.56. The molecule has 2 N–H and O–H groups in total. The number of hydrogen-bond donors (Lipinski definition) is 2. The minimum absolute atomic E-state index is 0.0840. The van der Waals surface area contributed by atoms with Crippen molar-refractivity contribution in [1.82, 2.24) is 10.9 Å². The quantitative estimate of drug-likeness (QED) is 0.810. The lowest BCUT2D eigenvalue weighted by atomic mass is 9.79. The van der Waals surface area contributed by atoms with Crippen LogP contribution in [0.3, 0.4) is 0 Å². The molecule has 0 atom stereocenters. The summed E-state index contributed by atoms with van der Waals surface area (Å²) < 4.78 is 0. The number of hydrogen-bond acceptors (Lipinski definition) is 3. The van der Waals surface area contributed by atoms with E-state index >= 15 is 0 Å². The Labute approximate surface area is 154 Å². The van der Waals surface area contributed by atoms with Gasteiger partial charge in [0.1, 0.15) is 0 Å². The van der Waals surface area contributed by atoms with Crippen molar-refractivity contribution in [3.8, 4) is 0 Å². The van der Waals surface area contributed by atoms with Crippen LogP contribution in [0.5, 0.6) is 0 Å². The number of hydrazine groups is 1. The maximum absolute atomic E-state index is 12.9. The molecule has 26 heavy (non-hydrogen) atoms. The Balaban J connectivity index is 1.78. The molecule has 1 aliphatic rings. The van der Waals surface area contributed by atoms with E-state index in [1.165, 1.54) is 0 Å². The zero-order valence-electron chi connectivity index (χ0n) is 15.2. The number of ketones is 1. The molecule has 0 saturated heterocycles. The fourth-order valence-corrected chi connectivity index (χ4v) is 3.43. The van der Waals surface area contributed by atoms with Gasteiger partial charge in [0.25, 0.3) is 0 Å². The van der Waals surface area contributed by atoms with E-state index in [1.807, 2.05) is 60.7 Å². The molecule has 0 heterocycles. The Bertz CT molecular complexity index is 771. The fraction of sp³-hybridized carbons (Fsp3) is 0.273. The van der Waals surface area contributed by atoms with Crippen molar-refractivity contribution in [2.45, 2.75) is 32.6 Å². The minimum atomic E-state index is -0.419.